The van der Waals surface area contributed by atoms with Crippen LogP contribution in [-0.4, -0.2) is 15.0 Å². The minimum absolute atomic E-state index is 0.612. The fourth-order valence-corrected chi connectivity index (χ4v) is 10.3. The Labute approximate surface area is 370 Å². The molecule has 64 heavy (non-hydrogen) atoms. The van der Waals surface area contributed by atoms with Gasteiger partial charge in [-0.1, -0.05) is 188 Å². The summed E-state index contributed by atoms with van der Waals surface area (Å²) in [5, 5.41) is 4.65. The molecule has 0 amide bonds. The van der Waals surface area contributed by atoms with Crippen molar-refractivity contribution >= 4 is 21.5 Å². The highest BCUT2D eigenvalue weighted by Crippen LogP contribution is 2.64. The monoisotopic (exact) mass is 815 g/mol. The van der Waals surface area contributed by atoms with Crippen LogP contribution in [-0.2, 0) is 5.41 Å². The first-order valence-corrected chi connectivity index (χ1v) is 21.8. The first kappa shape index (κ1) is 36.2. The molecule has 1 unspecified atom stereocenters. The number of benzene rings is 10. The number of nitrogens with zero attached hydrogens (tertiary/aromatic N) is 3. The van der Waals surface area contributed by atoms with Crippen LogP contribution in [0.15, 0.2) is 224 Å². The van der Waals surface area contributed by atoms with E-state index in [2.05, 4.69) is 206 Å². The molecule has 0 bridgehead atoms. The molecule has 13 rings (SSSR count). The van der Waals surface area contributed by atoms with Crippen molar-refractivity contribution in [1.82, 2.24) is 15.0 Å². The van der Waals surface area contributed by atoms with Crippen molar-refractivity contribution in [2.45, 2.75) is 5.41 Å². The summed E-state index contributed by atoms with van der Waals surface area (Å²) in [7, 11) is 0. The van der Waals surface area contributed by atoms with Crippen molar-refractivity contribution in [3.63, 3.8) is 0 Å². The van der Waals surface area contributed by atoms with Crippen molar-refractivity contribution in [2.24, 2.45) is 0 Å². The summed E-state index contributed by atoms with van der Waals surface area (Å²) < 4.78 is 6.90. The number of hydrogen-bond acceptors (Lipinski definition) is 4. The predicted molar refractivity (Wildman–Crippen MR) is 259 cm³/mol. The Hall–Kier alpha value is -8.47. The van der Waals surface area contributed by atoms with Gasteiger partial charge >= 0.3 is 0 Å². The lowest BCUT2D eigenvalue weighted by Crippen LogP contribution is -2.32. The number of hydrogen-bond donors (Lipinski definition) is 0. The molecule has 0 radical (unpaired) electrons. The Morgan fingerprint density at radius 2 is 0.891 bits per heavy atom. The van der Waals surface area contributed by atoms with E-state index >= 15 is 0 Å². The van der Waals surface area contributed by atoms with E-state index in [1.54, 1.807) is 0 Å². The zero-order valence-electron chi connectivity index (χ0n) is 34.6. The molecule has 2 aliphatic rings. The molecule has 0 saturated heterocycles. The smallest absolute Gasteiger partial charge is 0.164 e. The minimum Gasteiger partial charge on any atom is -0.457 e. The molecule has 0 N–H and O–H groups in total. The van der Waals surface area contributed by atoms with E-state index in [0.29, 0.717) is 17.5 Å². The van der Waals surface area contributed by atoms with E-state index in [-0.39, 0.29) is 0 Å². The fourth-order valence-electron chi connectivity index (χ4n) is 10.3. The van der Waals surface area contributed by atoms with Gasteiger partial charge in [-0.15, -0.1) is 0 Å². The maximum absolute atomic E-state index is 6.90. The van der Waals surface area contributed by atoms with Crippen molar-refractivity contribution in [1.29, 1.82) is 0 Å². The van der Waals surface area contributed by atoms with E-state index in [9.17, 15) is 0 Å². The summed E-state index contributed by atoms with van der Waals surface area (Å²) in [6.45, 7) is 0. The molecule has 298 valence electrons. The molecule has 4 nitrogen and oxygen atoms in total. The molecule has 1 aromatic heterocycles. The average Bonchev–Trinajstić information content (AvgIpc) is 3.66. The van der Waals surface area contributed by atoms with Gasteiger partial charge in [-0.05, 0) is 102 Å². The fraction of sp³-hybridized carbons (Fsp3) is 0.0167. The van der Waals surface area contributed by atoms with Crippen molar-refractivity contribution in [3.05, 3.63) is 247 Å². The summed E-state index contributed by atoms with van der Waals surface area (Å²) in [6, 6.07) is 79.9. The highest BCUT2D eigenvalue weighted by molar-refractivity contribution is 6.02. The summed E-state index contributed by atoms with van der Waals surface area (Å²) in [6.07, 6.45) is 0. The SMILES string of the molecule is c1ccc(-c2ccc3c(c2)C2(c4ccccc4O3)c3ccccc3-c3c(-c4nc(-c5ccccc5)nc(-c5ccc6ccccc6c5)n4)cc(-c4cccc5ccccc45)cc32)cc1. The van der Waals surface area contributed by atoms with Crippen molar-refractivity contribution in [3.8, 4) is 79.0 Å². The highest BCUT2D eigenvalue weighted by atomic mass is 16.5. The van der Waals surface area contributed by atoms with Crippen LogP contribution in [0.3, 0.4) is 0 Å². The first-order chi connectivity index (χ1) is 31.7. The third kappa shape index (κ3) is 5.52. The molecule has 11 aromatic rings. The Morgan fingerprint density at radius 3 is 1.73 bits per heavy atom. The second kappa shape index (κ2) is 14.3. The molecule has 1 atom stereocenters. The molecule has 10 aromatic carbocycles. The van der Waals surface area contributed by atoms with Crippen LogP contribution >= 0.6 is 0 Å². The molecule has 1 aliphatic carbocycles. The Kier molecular flexibility index (Phi) is 8.09. The lowest BCUT2D eigenvalue weighted by Gasteiger charge is -2.40. The average molecular weight is 816 g/mol. The van der Waals surface area contributed by atoms with Crippen LogP contribution in [0.2, 0.25) is 0 Å². The van der Waals surface area contributed by atoms with Gasteiger partial charge in [0.25, 0.3) is 0 Å². The third-order valence-corrected chi connectivity index (χ3v) is 13.2. The van der Waals surface area contributed by atoms with Crippen LogP contribution in [0.5, 0.6) is 11.5 Å². The maximum atomic E-state index is 6.90. The summed E-state index contributed by atoms with van der Waals surface area (Å²) in [5.41, 5.74) is 13.3. The van der Waals surface area contributed by atoms with Crippen LogP contribution in [0, 0.1) is 0 Å². The number of para-hydroxylation sites is 1. The first-order valence-electron chi connectivity index (χ1n) is 21.8. The molecule has 2 heterocycles. The minimum atomic E-state index is -0.757. The molecular formula is C60H37N3O. The van der Waals surface area contributed by atoms with Gasteiger partial charge in [-0.3, -0.25) is 0 Å². The van der Waals surface area contributed by atoms with Gasteiger partial charge in [0.2, 0.25) is 0 Å². The summed E-state index contributed by atoms with van der Waals surface area (Å²) >= 11 is 0. The normalized spacial score (nSPS) is 14.4. The topological polar surface area (TPSA) is 47.9 Å². The predicted octanol–water partition coefficient (Wildman–Crippen LogP) is 15.0. The second-order valence-corrected chi connectivity index (χ2v) is 16.7. The Morgan fingerprint density at radius 1 is 0.297 bits per heavy atom. The van der Waals surface area contributed by atoms with Crippen molar-refractivity contribution in [2.75, 3.05) is 0 Å². The van der Waals surface area contributed by atoms with E-state index in [1.165, 1.54) is 21.7 Å². The molecule has 0 saturated carbocycles. The molecule has 0 fully saturated rings. The van der Waals surface area contributed by atoms with E-state index in [1.807, 2.05) is 18.2 Å². The molecule has 4 heteroatoms. The molecular weight excluding hydrogens is 779 g/mol. The van der Waals surface area contributed by atoms with Crippen LogP contribution < -0.4 is 4.74 Å². The van der Waals surface area contributed by atoms with Gasteiger partial charge in [-0.2, -0.15) is 0 Å². The van der Waals surface area contributed by atoms with Gasteiger partial charge in [0.15, 0.2) is 17.5 Å². The third-order valence-electron chi connectivity index (χ3n) is 13.2. The zero-order valence-corrected chi connectivity index (χ0v) is 34.6. The summed E-state index contributed by atoms with van der Waals surface area (Å²) in [5.74, 6) is 3.53. The number of ether oxygens (including phenoxy) is 1. The second-order valence-electron chi connectivity index (χ2n) is 16.7. The lowest BCUT2D eigenvalue weighted by atomic mass is 9.65. The standard InChI is InChI=1S/C60H37N3O/c1-3-16-38(17-4-1)43-32-33-55-52(36-43)60(51-28-13-14-29-54(51)64-55)50-27-12-11-25-48(50)56-49(35-45(37-53(56)60)47-26-15-23-40-19-9-10-24-46(40)47)59-62-57(41-20-5-2-6-21-41)61-58(63-59)44-31-30-39-18-7-8-22-42(39)34-44/h1-37H. The molecule has 1 aliphatic heterocycles. The van der Waals surface area contributed by atoms with Gasteiger partial charge in [0.1, 0.15) is 11.5 Å². The van der Waals surface area contributed by atoms with E-state index < -0.39 is 5.41 Å². The molecule has 1 spiro atoms. The van der Waals surface area contributed by atoms with Crippen LogP contribution in [0.4, 0.5) is 0 Å². The zero-order chi connectivity index (χ0) is 42.2. The van der Waals surface area contributed by atoms with Gasteiger partial charge in [-0.25, -0.2) is 15.0 Å². The van der Waals surface area contributed by atoms with Gasteiger partial charge in [0.05, 0.1) is 5.41 Å². The highest BCUT2D eigenvalue weighted by Gasteiger charge is 2.52. The number of fused-ring (bicyclic) bond motifs is 11. The summed E-state index contributed by atoms with van der Waals surface area (Å²) in [4.78, 5) is 16.1. The lowest BCUT2D eigenvalue weighted by molar-refractivity contribution is 0.436. The number of rotatable bonds is 5. The Balaban J connectivity index is 1.17. The number of aromatic nitrogens is 3. The van der Waals surface area contributed by atoms with Gasteiger partial charge in [0, 0.05) is 27.8 Å². The van der Waals surface area contributed by atoms with E-state index in [4.69, 9.17) is 19.7 Å². The van der Waals surface area contributed by atoms with E-state index in [0.717, 1.165) is 83.6 Å². The Bertz CT molecular complexity index is 3650. The maximum Gasteiger partial charge on any atom is 0.164 e. The van der Waals surface area contributed by atoms with Gasteiger partial charge < -0.3 is 4.74 Å². The van der Waals surface area contributed by atoms with Crippen LogP contribution in [0.1, 0.15) is 22.3 Å². The quantitative estimate of drug-likeness (QED) is 0.174. The van der Waals surface area contributed by atoms with Crippen molar-refractivity contribution < 1.29 is 4.74 Å². The largest absolute Gasteiger partial charge is 0.457 e. The van der Waals surface area contributed by atoms with Crippen LogP contribution in [0.25, 0.3) is 89.1 Å².